The number of nitrogens with one attached hydrogen (secondary N) is 2. The molecule has 1 aromatic carbocycles. The van der Waals surface area contributed by atoms with E-state index >= 15 is 0 Å². The Labute approximate surface area is 127 Å². The Balaban J connectivity index is 2.21. The number of rotatable bonds is 6. The quantitative estimate of drug-likeness (QED) is 0.827. The first-order valence-corrected chi connectivity index (χ1v) is 8.77. The van der Waals surface area contributed by atoms with Gasteiger partial charge in [-0.1, -0.05) is 19.9 Å². The Morgan fingerprint density at radius 2 is 1.90 bits per heavy atom. The van der Waals surface area contributed by atoms with Crippen LogP contribution in [0.25, 0.3) is 0 Å². The number of nitrogens with zero attached hydrogens (tertiary/aromatic N) is 1. The van der Waals surface area contributed by atoms with E-state index in [-0.39, 0.29) is 12.0 Å². The number of likely N-dealkylation sites (N-methyl/N-ethyl adjacent to an activating group) is 1. The summed E-state index contributed by atoms with van der Waals surface area (Å²) >= 11 is 0. The van der Waals surface area contributed by atoms with Crippen molar-refractivity contribution >= 4 is 10.0 Å². The van der Waals surface area contributed by atoms with E-state index in [1.165, 1.54) is 5.56 Å². The molecular weight excluding hydrogens is 286 g/mol. The van der Waals surface area contributed by atoms with Gasteiger partial charge in [-0.3, -0.25) is 0 Å². The lowest BCUT2D eigenvalue weighted by molar-refractivity contribution is 0.314. The summed E-state index contributed by atoms with van der Waals surface area (Å²) in [7, 11) is 0.422. The lowest BCUT2D eigenvalue weighted by Crippen LogP contribution is -2.44. The SMILES string of the molecule is CC(C)C(CN(C)C)NS(=O)(=O)c1ccc2c(c1)CNC2. The van der Waals surface area contributed by atoms with Gasteiger partial charge in [-0.25, -0.2) is 13.1 Å². The maximum atomic E-state index is 12.6. The predicted octanol–water partition coefficient (Wildman–Crippen LogP) is 1.15. The zero-order valence-corrected chi connectivity index (χ0v) is 14.0. The van der Waals surface area contributed by atoms with Gasteiger partial charge in [-0.15, -0.1) is 0 Å². The van der Waals surface area contributed by atoms with E-state index in [1.807, 2.05) is 38.9 Å². The smallest absolute Gasteiger partial charge is 0.240 e. The number of fused-ring (bicyclic) bond motifs is 1. The highest BCUT2D eigenvalue weighted by Gasteiger charge is 2.24. The van der Waals surface area contributed by atoms with Gasteiger partial charge in [0.2, 0.25) is 10.0 Å². The fraction of sp³-hybridized carbons (Fsp3) is 0.600. The van der Waals surface area contributed by atoms with Gasteiger partial charge >= 0.3 is 0 Å². The van der Waals surface area contributed by atoms with Gasteiger partial charge in [0.1, 0.15) is 0 Å². The van der Waals surface area contributed by atoms with Crippen LogP contribution >= 0.6 is 0 Å². The lowest BCUT2D eigenvalue weighted by atomic mass is 10.1. The molecule has 5 nitrogen and oxygen atoms in total. The normalized spacial score (nSPS) is 16.5. The van der Waals surface area contributed by atoms with Crippen molar-refractivity contribution < 1.29 is 8.42 Å². The molecule has 0 spiro atoms. The number of hydrogen-bond donors (Lipinski definition) is 2. The largest absolute Gasteiger partial charge is 0.309 e. The van der Waals surface area contributed by atoms with Crippen LogP contribution in [0.15, 0.2) is 23.1 Å². The van der Waals surface area contributed by atoms with E-state index in [1.54, 1.807) is 12.1 Å². The topological polar surface area (TPSA) is 61.4 Å². The molecule has 0 saturated carbocycles. The average Bonchev–Trinajstić information content (AvgIpc) is 2.84. The van der Waals surface area contributed by atoms with Crippen molar-refractivity contribution in [1.29, 1.82) is 0 Å². The van der Waals surface area contributed by atoms with Crippen LogP contribution < -0.4 is 10.0 Å². The van der Waals surface area contributed by atoms with Crippen molar-refractivity contribution in [3.63, 3.8) is 0 Å². The zero-order valence-electron chi connectivity index (χ0n) is 13.2. The van der Waals surface area contributed by atoms with E-state index in [0.29, 0.717) is 11.4 Å². The van der Waals surface area contributed by atoms with Crippen LogP contribution in [0.4, 0.5) is 0 Å². The Morgan fingerprint density at radius 3 is 2.52 bits per heavy atom. The van der Waals surface area contributed by atoms with Gasteiger partial charge in [0.25, 0.3) is 0 Å². The zero-order chi connectivity index (χ0) is 15.6. The highest BCUT2D eigenvalue weighted by atomic mass is 32.2. The van der Waals surface area contributed by atoms with Crippen LogP contribution in [0.5, 0.6) is 0 Å². The highest BCUT2D eigenvalue weighted by Crippen LogP contribution is 2.20. The molecule has 0 radical (unpaired) electrons. The molecule has 21 heavy (non-hydrogen) atoms. The maximum Gasteiger partial charge on any atom is 0.240 e. The summed E-state index contributed by atoms with van der Waals surface area (Å²) in [4.78, 5) is 2.36. The van der Waals surface area contributed by atoms with Crippen molar-refractivity contribution in [2.24, 2.45) is 5.92 Å². The first-order chi connectivity index (χ1) is 9.79. The molecule has 118 valence electrons. The minimum Gasteiger partial charge on any atom is -0.309 e. The van der Waals surface area contributed by atoms with Crippen LogP contribution in [-0.2, 0) is 23.1 Å². The average molecular weight is 311 g/mol. The first-order valence-electron chi connectivity index (χ1n) is 7.29. The van der Waals surface area contributed by atoms with Crippen molar-refractivity contribution in [2.75, 3.05) is 20.6 Å². The van der Waals surface area contributed by atoms with Gasteiger partial charge < -0.3 is 10.2 Å². The van der Waals surface area contributed by atoms with Crippen molar-refractivity contribution in [3.05, 3.63) is 29.3 Å². The summed E-state index contributed by atoms with van der Waals surface area (Å²) in [6.45, 7) is 6.30. The second-order valence-electron chi connectivity index (χ2n) is 6.27. The molecule has 2 rings (SSSR count). The van der Waals surface area contributed by atoms with Gasteiger partial charge in [0.15, 0.2) is 0 Å². The summed E-state index contributed by atoms with van der Waals surface area (Å²) in [5, 5.41) is 3.23. The van der Waals surface area contributed by atoms with Crippen LogP contribution in [0.3, 0.4) is 0 Å². The molecule has 1 heterocycles. The molecule has 0 amide bonds. The predicted molar refractivity (Wildman–Crippen MR) is 84.5 cm³/mol. The van der Waals surface area contributed by atoms with Crippen molar-refractivity contribution in [2.45, 2.75) is 37.9 Å². The summed E-state index contributed by atoms with van der Waals surface area (Å²) < 4.78 is 28.0. The molecule has 1 atom stereocenters. The van der Waals surface area contributed by atoms with Crippen LogP contribution in [0.1, 0.15) is 25.0 Å². The van der Waals surface area contributed by atoms with Crippen molar-refractivity contribution in [1.82, 2.24) is 14.9 Å². The van der Waals surface area contributed by atoms with E-state index in [9.17, 15) is 8.42 Å². The lowest BCUT2D eigenvalue weighted by Gasteiger charge is -2.25. The van der Waals surface area contributed by atoms with Gasteiger partial charge in [-0.2, -0.15) is 0 Å². The van der Waals surface area contributed by atoms with Gasteiger partial charge in [0, 0.05) is 25.7 Å². The molecule has 0 fully saturated rings. The van der Waals surface area contributed by atoms with Crippen LogP contribution in [-0.4, -0.2) is 40.0 Å². The minimum atomic E-state index is -3.48. The standard InChI is InChI=1S/C15H25N3O2S/c1-11(2)15(10-18(3)4)17-21(19,20)14-6-5-12-8-16-9-13(12)7-14/h5-7,11,15-17H,8-10H2,1-4H3. The monoisotopic (exact) mass is 311 g/mol. The Morgan fingerprint density at radius 1 is 1.24 bits per heavy atom. The molecule has 1 aromatic rings. The summed E-state index contributed by atoms with van der Waals surface area (Å²) in [5.74, 6) is 0.235. The first kappa shape index (κ1) is 16.4. The summed E-state index contributed by atoms with van der Waals surface area (Å²) in [6.07, 6.45) is 0. The number of sulfonamides is 1. The van der Waals surface area contributed by atoms with Crippen LogP contribution in [0, 0.1) is 5.92 Å². The van der Waals surface area contributed by atoms with Crippen molar-refractivity contribution in [3.8, 4) is 0 Å². The molecule has 0 saturated heterocycles. The molecular formula is C15H25N3O2S. The molecule has 0 bridgehead atoms. The Hall–Kier alpha value is -0.950. The number of hydrogen-bond acceptors (Lipinski definition) is 4. The van der Waals surface area contributed by atoms with E-state index in [4.69, 9.17) is 0 Å². The number of benzene rings is 1. The van der Waals surface area contributed by atoms with Crippen LogP contribution in [0.2, 0.25) is 0 Å². The summed E-state index contributed by atoms with van der Waals surface area (Å²) in [6, 6.07) is 5.28. The fourth-order valence-electron chi connectivity index (χ4n) is 2.48. The second kappa shape index (κ2) is 6.44. The Bertz CT molecular complexity index is 597. The molecule has 6 heteroatoms. The fourth-order valence-corrected chi connectivity index (χ4v) is 3.91. The van der Waals surface area contributed by atoms with Gasteiger partial charge in [0.05, 0.1) is 4.90 Å². The molecule has 1 aliphatic rings. The molecule has 2 N–H and O–H groups in total. The van der Waals surface area contributed by atoms with E-state index in [2.05, 4.69) is 10.0 Å². The minimum absolute atomic E-state index is 0.101. The highest BCUT2D eigenvalue weighted by molar-refractivity contribution is 7.89. The Kier molecular flexibility index (Phi) is 5.03. The summed E-state index contributed by atoms with van der Waals surface area (Å²) in [5.41, 5.74) is 2.26. The maximum absolute atomic E-state index is 12.6. The molecule has 0 aliphatic carbocycles. The van der Waals surface area contributed by atoms with E-state index in [0.717, 1.165) is 18.7 Å². The van der Waals surface area contributed by atoms with Gasteiger partial charge in [-0.05, 0) is 43.3 Å². The molecule has 1 aliphatic heterocycles. The third-order valence-corrected chi connectivity index (χ3v) is 5.28. The third-order valence-electron chi connectivity index (χ3n) is 3.79. The molecule has 1 unspecified atom stereocenters. The molecule has 0 aromatic heterocycles. The second-order valence-corrected chi connectivity index (χ2v) is 7.98. The van der Waals surface area contributed by atoms with E-state index < -0.39 is 10.0 Å². The third kappa shape index (κ3) is 4.03.